The number of carboxylic acids is 1. The molecule has 0 saturated carbocycles. The molecule has 3 nitrogen and oxygen atoms in total. The molecule has 0 aliphatic heterocycles. The van der Waals surface area contributed by atoms with E-state index in [2.05, 4.69) is 6.92 Å². The first-order chi connectivity index (χ1) is 6.15. The van der Waals surface area contributed by atoms with Crippen LogP contribution in [-0.2, 0) is 5.75 Å². The van der Waals surface area contributed by atoms with Gasteiger partial charge in [0.1, 0.15) is 5.76 Å². The van der Waals surface area contributed by atoms with Gasteiger partial charge in [-0.1, -0.05) is 6.92 Å². The molecule has 0 fully saturated rings. The Morgan fingerprint density at radius 3 is 2.85 bits per heavy atom. The maximum Gasteiger partial charge on any atom is 0.372 e. The fraction of sp³-hybridized carbons (Fsp3) is 0.444. The van der Waals surface area contributed by atoms with Crippen molar-refractivity contribution in [2.45, 2.75) is 19.6 Å². The van der Waals surface area contributed by atoms with Crippen LogP contribution in [0.25, 0.3) is 0 Å². The lowest BCUT2D eigenvalue weighted by atomic mass is 10.3. The third-order valence-corrected chi connectivity index (χ3v) is 2.51. The van der Waals surface area contributed by atoms with Gasteiger partial charge in [-0.3, -0.25) is 0 Å². The molecule has 0 atom stereocenters. The Morgan fingerprint density at radius 2 is 2.38 bits per heavy atom. The maximum atomic E-state index is 10.6. The number of thioether (sulfide) groups is 1. The van der Waals surface area contributed by atoms with Crippen molar-refractivity contribution in [1.29, 1.82) is 0 Å². The van der Waals surface area contributed by atoms with E-state index in [1.54, 1.807) is 24.8 Å². The van der Waals surface area contributed by atoms with E-state index in [0.29, 0.717) is 5.56 Å². The summed E-state index contributed by atoms with van der Waals surface area (Å²) >= 11 is 1.71. The van der Waals surface area contributed by atoms with Crippen LogP contribution in [0, 0.1) is 6.92 Å². The smallest absolute Gasteiger partial charge is 0.372 e. The minimum atomic E-state index is -0.995. The molecule has 4 heteroatoms. The lowest BCUT2D eigenvalue weighted by molar-refractivity contribution is 0.0659. The van der Waals surface area contributed by atoms with E-state index in [9.17, 15) is 4.79 Å². The summed E-state index contributed by atoms with van der Waals surface area (Å²) < 4.78 is 5.16. The van der Waals surface area contributed by atoms with Crippen LogP contribution in [0.15, 0.2) is 10.5 Å². The van der Waals surface area contributed by atoms with Crippen molar-refractivity contribution in [1.82, 2.24) is 0 Å². The van der Waals surface area contributed by atoms with E-state index in [1.165, 1.54) is 0 Å². The first-order valence-corrected chi connectivity index (χ1v) is 5.21. The molecule has 0 aromatic carbocycles. The van der Waals surface area contributed by atoms with E-state index in [0.717, 1.165) is 17.3 Å². The number of carbonyl (C=O) groups is 1. The van der Waals surface area contributed by atoms with Crippen LogP contribution in [0.2, 0.25) is 0 Å². The zero-order chi connectivity index (χ0) is 9.84. The van der Waals surface area contributed by atoms with Crippen LogP contribution in [0.5, 0.6) is 0 Å². The van der Waals surface area contributed by atoms with Gasteiger partial charge in [0.05, 0.1) is 5.75 Å². The minimum Gasteiger partial charge on any atom is -0.475 e. The van der Waals surface area contributed by atoms with Crippen LogP contribution >= 0.6 is 11.8 Å². The lowest BCUT2D eigenvalue weighted by Crippen LogP contribution is -1.94. The Kier molecular flexibility index (Phi) is 3.42. The monoisotopic (exact) mass is 200 g/mol. The molecular weight excluding hydrogens is 188 g/mol. The summed E-state index contributed by atoms with van der Waals surface area (Å²) in [6, 6.07) is 1.78. The van der Waals surface area contributed by atoms with Crippen LogP contribution in [0.1, 0.15) is 28.8 Å². The zero-order valence-electron chi connectivity index (χ0n) is 7.66. The molecule has 1 N–H and O–H groups in total. The molecule has 72 valence electrons. The van der Waals surface area contributed by atoms with Gasteiger partial charge in [0.25, 0.3) is 0 Å². The van der Waals surface area contributed by atoms with Gasteiger partial charge in [0, 0.05) is 5.56 Å². The lowest BCUT2D eigenvalue weighted by Gasteiger charge is -1.92. The number of hydrogen-bond donors (Lipinski definition) is 1. The highest BCUT2D eigenvalue weighted by Crippen LogP contribution is 2.19. The summed E-state index contributed by atoms with van der Waals surface area (Å²) in [5.41, 5.74) is 0.694. The predicted octanol–water partition coefficient (Wildman–Crippen LogP) is 2.54. The van der Waals surface area contributed by atoms with E-state index >= 15 is 0 Å². The standard InChI is InChI=1S/C9H12O3S/c1-3-13-5-7-4-6(2)8(12-7)9(10)11/h4H,3,5H2,1-2H3,(H,10,11). The van der Waals surface area contributed by atoms with Crippen molar-refractivity contribution in [2.75, 3.05) is 5.75 Å². The Bertz CT molecular complexity index is 304. The molecule has 0 spiro atoms. The molecule has 0 radical (unpaired) electrons. The number of aromatic carboxylic acids is 1. The summed E-state index contributed by atoms with van der Waals surface area (Å²) in [6.45, 7) is 3.80. The third kappa shape index (κ3) is 2.52. The summed E-state index contributed by atoms with van der Waals surface area (Å²) in [7, 11) is 0. The molecule has 0 aliphatic rings. The minimum absolute atomic E-state index is 0.0618. The Balaban J connectivity index is 2.76. The highest BCUT2D eigenvalue weighted by atomic mass is 32.2. The zero-order valence-corrected chi connectivity index (χ0v) is 8.48. The van der Waals surface area contributed by atoms with Gasteiger partial charge in [-0.25, -0.2) is 4.79 Å². The maximum absolute atomic E-state index is 10.6. The van der Waals surface area contributed by atoms with Crippen molar-refractivity contribution >= 4 is 17.7 Å². The van der Waals surface area contributed by atoms with E-state index in [-0.39, 0.29) is 5.76 Å². The van der Waals surface area contributed by atoms with E-state index < -0.39 is 5.97 Å². The van der Waals surface area contributed by atoms with Gasteiger partial charge in [-0.15, -0.1) is 0 Å². The molecule has 1 rings (SSSR count). The Hall–Kier alpha value is -0.900. The topological polar surface area (TPSA) is 50.4 Å². The van der Waals surface area contributed by atoms with Gasteiger partial charge in [0.2, 0.25) is 5.76 Å². The van der Waals surface area contributed by atoms with Crippen LogP contribution in [0.4, 0.5) is 0 Å². The van der Waals surface area contributed by atoms with Crippen molar-refractivity contribution in [3.63, 3.8) is 0 Å². The first-order valence-electron chi connectivity index (χ1n) is 4.05. The molecule has 13 heavy (non-hydrogen) atoms. The molecule has 0 aliphatic carbocycles. The quantitative estimate of drug-likeness (QED) is 0.811. The van der Waals surface area contributed by atoms with Gasteiger partial charge in [-0.05, 0) is 18.7 Å². The van der Waals surface area contributed by atoms with Gasteiger partial charge in [-0.2, -0.15) is 11.8 Å². The van der Waals surface area contributed by atoms with Gasteiger partial charge >= 0.3 is 5.97 Å². The fourth-order valence-electron chi connectivity index (χ4n) is 1.03. The molecule has 0 saturated heterocycles. The number of carboxylic acid groups (broad SMARTS) is 1. The van der Waals surface area contributed by atoms with Crippen molar-refractivity contribution in [3.8, 4) is 0 Å². The Morgan fingerprint density at radius 1 is 1.69 bits per heavy atom. The molecule has 1 aromatic rings. The molecule has 0 bridgehead atoms. The first kappa shape index (κ1) is 10.2. The molecule has 1 heterocycles. The highest BCUT2D eigenvalue weighted by molar-refractivity contribution is 7.98. The average molecular weight is 200 g/mol. The third-order valence-electron chi connectivity index (χ3n) is 1.61. The second kappa shape index (κ2) is 4.37. The highest BCUT2D eigenvalue weighted by Gasteiger charge is 2.13. The number of furan rings is 1. The van der Waals surface area contributed by atoms with Crippen molar-refractivity contribution < 1.29 is 14.3 Å². The second-order valence-corrected chi connectivity index (χ2v) is 3.94. The van der Waals surface area contributed by atoms with E-state index in [1.807, 2.05) is 0 Å². The number of hydrogen-bond acceptors (Lipinski definition) is 3. The number of rotatable bonds is 4. The molecular formula is C9H12O3S. The van der Waals surface area contributed by atoms with Gasteiger partial charge in [0.15, 0.2) is 0 Å². The summed E-state index contributed by atoms with van der Waals surface area (Å²) in [6.07, 6.45) is 0. The summed E-state index contributed by atoms with van der Waals surface area (Å²) in [5.74, 6) is 1.55. The van der Waals surface area contributed by atoms with Crippen LogP contribution in [-0.4, -0.2) is 16.8 Å². The number of aryl methyl sites for hydroxylation is 1. The molecule has 0 unspecified atom stereocenters. The second-order valence-electron chi connectivity index (χ2n) is 2.67. The van der Waals surface area contributed by atoms with Gasteiger partial charge < -0.3 is 9.52 Å². The van der Waals surface area contributed by atoms with E-state index in [4.69, 9.17) is 9.52 Å². The average Bonchev–Trinajstić information content (AvgIpc) is 2.43. The largest absolute Gasteiger partial charge is 0.475 e. The van der Waals surface area contributed by atoms with Crippen LogP contribution < -0.4 is 0 Å². The predicted molar refractivity (Wildman–Crippen MR) is 52.2 cm³/mol. The molecule has 0 amide bonds. The normalized spacial score (nSPS) is 10.3. The van der Waals surface area contributed by atoms with Crippen molar-refractivity contribution in [3.05, 3.63) is 23.2 Å². The van der Waals surface area contributed by atoms with Crippen LogP contribution in [0.3, 0.4) is 0 Å². The SMILES string of the molecule is CCSCc1cc(C)c(C(=O)O)o1. The van der Waals surface area contributed by atoms with Crippen molar-refractivity contribution in [2.24, 2.45) is 0 Å². The summed E-state index contributed by atoms with van der Waals surface area (Å²) in [5, 5.41) is 8.70. The Labute approximate surface area is 81.1 Å². The fourth-order valence-corrected chi connectivity index (χ4v) is 1.58. The summed E-state index contributed by atoms with van der Waals surface area (Å²) in [4.78, 5) is 10.6. The molecule has 1 aromatic heterocycles.